The maximum Gasteiger partial charge on any atom is 0.317 e. The van der Waals surface area contributed by atoms with Gasteiger partial charge in [-0.3, -0.25) is 0 Å². The van der Waals surface area contributed by atoms with Crippen LogP contribution in [0.2, 0.25) is 0 Å². The second-order valence-corrected chi connectivity index (χ2v) is 11.1. The lowest BCUT2D eigenvalue weighted by molar-refractivity contribution is 0.203. The van der Waals surface area contributed by atoms with Crippen molar-refractivity contribution in [1.29, 1.82) is 0 Å². The van der Waals surface area contributed by atoms with Crippen molar-refractivity contribution in [3.05, 3.63) is 95.5 Å². The van der Waals surface area contributed by atoms with Crippen molar-refractivity contribution in [2.45, 2.75) is 19.4 Å². The van der Waals surface area contributed by atoms with Gasteiger partial charge in [-0.05, 0) is 41.3 Å². The molecular formula is C32H35N7O2S. The van der Waals surface area contributed by atoms with Crippen LogP contribution in [-0.2, 0) is 19.4 Å². The van der Waals surface area contributed by atoms with Crippen LogP contribution < -0.4 is 21.1 Å². The molecule has 1 aliphatic heterocycles. The Morgan fingerprint density at radius 1 is 1.10 bits per heavy atom. The minimum absolute atomic E-state index is 0.0450. The predicted octanol–water partition coefficient (Wildman–Crippen LogP) is 4.39. The van der Waals surface area contributed by atoms with Gasteiger partial charge in [-0.25, -0.2) is 14.8 Å². The Kier molecular flexibility index (Phi) is 8.74. The Morgan fingerprint density at radius 3 is 2.88 bits per heavy atom. The van der Waals surface area contributed by atoms with Crippen LogP contribution in [0, 0.1) is 0 Å². The van der Waals surface area contributed by atoms with Gasteiger partial charge in [0.2, 0.25) is 0 Å². The molecule has 216 valence electrons. The zero-order chi connectivity index (χ0) is 28.7. The number of carbonyl (C=O) groups excluding carboxylic acids is 1. The number of imidazole rings is 1. The van der Waals surface area contributed by atoms with Gasteiger partial charge >= 0.3 is 6.03 Å². The van der Waals surface area contributed by atoms with Crippen molar-refractivity contribution in [3.63, 3.8) is 0 Å². The van der Waals surface area contributed by atoms with Crippen LogP contribution in [0.4, 0.5) is 4.79 Å². The van der Waals surface area contributed by atoms with Gasteiger partial charge in [-0.2, -0.15) is 0 Å². The van der Waals surface area contributed by atoms with E-state index < -0.39 is 0 Å². The number of nitrogens with two attached hydrogens (primary N) is 1. The number of benzene rings is 3. The highest BCUT2D eigenvalue weighted by atomic mass is 32.1. The third-order valence-electron chi connectivity index (χ3n) is 7.44. The molecule has 5 aromatic rings. The molecule has 2 aromatic heterocycles. The first-order valence-electron chi connectivity index (χ1n) is 14.3. The Hall–Kier alpha value is -4.25. The minimum Gasteiger partial charge on any atom is -0.491 e. The number of urea groups is 1. The third kappa shape index (κ3) is 6.30. The smallest absolute Gasteiger partial charge is 0.317 e. The molecule has 10 heteroatoms. The summed E-state index contributed by atoms with van der Waals surface area (Å²) < 4.78 is 8.39. The summed E-state index contributed by atoms with van der Waals surface area (Å²) in [5, 5.41) is 11.8. The summed E-state index contributed by atoms with van der Waals surface area (Å²) in [5.74, 6) is 1.62. The molecule has 6 rings (SSSR count). The summed E-state index contributed by atoms with van der Waals surface area (Å²) in [6, 6.07) is 21.1. The summed E-state index contributed by atoms with van der Waals surface area (Å²) in [6.45, 7) is 4.16. The van der Waals surface area contributed by atoms with Gasteiger partial charge in [0.15, 0.2) is 0 Å². The molecule has 0 radical (unpaired) electrons. The van der Waals surface area contributed by atoms with Crippen LogP contribution in [0.25, 0.3) is 27.0 Å². The van der Waals surface area contributed by atoms with Crippen LogP contribution in [0.15, 0.2) is 78.4 Å². The molecule has 1 saturated heterocycles. The third-order valence-corrected chi connectivity index (χ3v) is 8.37. The van der Waals surface area contributed by atoms with Gasteiger partial charge in [0, 0.05) is 50.0 Å². The first-order chi connectivity index (χ1) is 20.7. The Balaban J connectivity index is 1.23. The van der Waals surface area contributed by atoms with Crippen molar-refractivity contribution < 1.29 is 9.53 Å². The normalized spacial score (nSPS) is 13.2. The van der Waals surface area contributed by atoms with Gasteiger partial charge in [0.05, 0.1) is 30.0 Å². The van der Waals surface area contributed by atoms with Crippen molar-refractivity contribution in [1.82, 2.24) is 30.1 Å². The number of nitrogens with one attached hydrogen (secondary N) is 2. The largest absolute Gasteiger partial charge is 0.491 e. The number of thiazole rings is 1. The number of carbonyl (C=O) groups is 1. The molecule has 42 heavy (non-hydrogen) atoms. The van der Waals surface area contributed by atoms with Crippen LogP contribution in [0.3, 0.4) is 0 Å². The monoisotopic (exact) mass is 581 g/mol. The van der Waals surface area contributed by atoms with E-state index in [1.165, 1.54) is 16.3 Å². The lowest BCUT2D eigenvalue weighted by atomic mass is 10.0. The standard InChI is InChI=1S/C32H35N7O2S/c33-12-13-34-21-30-35-15-17-39(30)26-10-11-28(29(20-26)41-19-18-38-16-14-36-32(38)40)31-37-25(22-42-31)9-8-24-6-3-5-23-4-1-2-7-27(23)24/h1-7,10-11,15,17,20,22,34H,8-9,12-14,16,18-19,21,33H2,(H,36,40). The maximum absolute atomic E-state index is 12.0. The molecule has 0 atom stereocenters. The van der Waals surface area contributed by atoms with Crippen molar-refractivity contribution >= 4 is 28.1 Å². The van der Waals surface area contributed by atoms with Crippen LogP contribution in [-0.4, -0.2) is 64.8 Å². The molecule has 2 amide bonds. The fraction of sp³-hybridized carbons (Fsp3) is 0.281. The summed E-state index contributed by atoms with van der Waals surface area (Å²) in [5.41, 5.74) is 9.92. The second kappa shape index (κ2) is 13.2. The first-order valence-corrected chi connectivity index (χ1v) is 15.2. The van der Waals surface area contributed by atoms with E-state index in [4.69, 9.17) is 15.5 Å². The zero-order valence-electron chi connectivity index (χ0n) is 23.5. The van der Waals surface area contributed by atoms with E-state index >= 15 is 0 Å². The molecule has 0 spiro atoms. The molecular weight excluding hydrogens is 546 g/mol. The van der Waals surface area contributed by atoms with Crippen molar-refractivity contribution in [2.24, 2.45) is 5.73 Å². The number of nitrogens with zero attached hydrogens (tertiary/aromatic N) is 4. The average molecular weight is 582 g/mol. The van der Waals surface area contributed by atoms with Gasteiger partial charge in [-0.15, -0.1) is 11.3 Å². The number of aryl methyl sites for hydroxylation is 2. The molecule has 9 nitrogen and oxygen atoms in total. The molecule has 1 fully saturated rings. The Labute approximate surface area is 249 Å². The van der Waals surface area contributed by atoms with Crippen LogP contribution in [0.5, 0.6) is 5.75 Å². The molecule has 1 aliphatic rings. The topological polar surface area (TPSA) is 110 Å². The molecule has 3 heterocycles. The lowest BCUT2D eigenvalue weighted by Gasteiger charge is -2.17. The molecule has 0 aliphatic carbocycles. The minimum atomic E-state index is -0.0450. The zero-order valence-corrected chi connectivity index (χ0v) is 24.3. The fourth-order valence-corrected chi connectivity index (χ4v) is 6.15. The summed E-state index contributed by atoms with van der Waals surface area (Å²) in [6.07, 6.45) is 5.52. The Bertz CT molecular complexity index is 1660. The quantitative estimate of drug-likeness (QED) is 0.178. The lowest BCUT2D eigenvalue weighted by Crippen LogP contribution is -2.31. The number of ether oxygens (including phenoxy) is 1. The number of rotatable bonds is 13. The van der Waals surface area contributed by atoms with Gasteiger partial charge in [0.1, 0.15) is 23.2 Å². The Morgan fingerprint density at radius 2 is 2.00 bits per heavy atom. The highest BCUT2D eigenvalue weighted by Crippen LogP contribution is 2.35. The van der Waals surface area contributed by atoms with E-state index in [9.17, 15) is 4.79 Å². The second-order valence-electron chi connectivity index (χ2n) is 10.2. The van der Waals surface area contributed by atoms with Crippen LogP contribution >= 0.6 is 11.3 Å². The number of hydrogen-bond donors (Lipinski definition) is 3. The highest BCUT2D eigenvalue weighted by molar-refractivity contribution is 7.13. The SMILES string of the molecule is NCCNCc1nccn1-c1ccc(-c2nc(CCc3cccc4ccccc34)cs2)c(OCCN2CCNC2=O)c1. The summed E-state index contributed by atoms with van der Waals surface area (Å²) in [4.78, 5) is 23.3. The molecule has 0 bridgehead atoms. The number of amides is 2. The fourth-order valence-electron chi connectivity index (χ4n) is 5.27. The summed E-state index contributed by atoms with van der Waals surface area (Å²) >= 11 is 1.63. The molecule has 4 N–H and O–H groups in total. The van der Waals surface area contributed by atoms with E-state index in [0.29, 0.717) is 39.3 Å². The maximum atomic E-state index is 12.0. The van der Waals surface area contributed by atoms with Gasteiger partial charge < -0.3 is 30.6 Å². The number of hydrogen-bond acceptors (Lipinski definition) is 7. The first kappa shape index (κ1) is 27.9. The van der Waals surface area contributed by atoms with E-state index in [1.54, 1.807) is 22.4 Å². The van der Waals surface area contributed by atoms with Gasteiger partial charge in [-0.1, -0.05) is 42.5 Å². The summed E-state index contributed by atoms with van der Waals surface area (Å²) in [7, 11) is 0. The van der Waals surface area contributed by atoms with E-state index in [1.807, 2.05) is 16.8 Å². The molecule has 0 saturated carbocycles. The van der Waals surface area contributed by atoms with Gasteiger partial charge in [0.25, 0.3) is 0 Å². The van der Waals surface area contributed by atoms with Crippen LogP contribution in [0.1, 0.15) is 17.1 Å². The van der Waals surface area contributed by atoms with E-state index in [-0.39, 0.29) is 6.03 Å². The highest BCUT2D eigenvalue weighted by Gasteiger charge is 2.20. The van der Waals surface area contributed by atoms with E-state index in [2.05, 4.69) is 75.6 Å². The van der Waals surface area contributed by atoms with Crippen molar-refractivity contribution in [2.75, 3.05) is 39.3 Å². The van der Waals surface area contributed by atoms with Crippen molar-refractivity contribution in [3.8, 4) is 22.0 Å². The number of fused-ring (bicyclic) bond motifs is 1. The van der Waals surface area contributed by atoms with E-state index in [0.717, 1.165) is 52.9 Å². The average Bonchev–Trinajstić information content (AvgIpc) is 3.78. The molecule has 0 unspecified atom stereocenters. The molecule has 3 aromatic carbocycles. The predicted molar refractivity (Wildman–Crippen MR) is 167 cm³/mol. The number of aromatic nitrogens is 3.